The molecule has 1 atom stereocenters. The maximum atomic E-state index is 11.2. The molecule has 0 saturated heterocycles. The summed E-state index contributed by atoms with van der Waals surface area (Å²) in [7, 11) is -6.10. The van der Waals surface area contributed by atoms with Crippen molar-refractivity contribution in [3.8, 4) is 0 Å². The summed E-state index contributed by atoms with van der Waals surface area (Å²) in [5.74, 6) is -0.411. The Labute approximate surface area is 170 Å². The van der Waals surface area contributed by atoms with Crippen LogP contribution in [0.5, 0.6) is 0 Å². The Bertz CT molecular complexity index is 443. The highest BCUT2D eigenvalue weighted by Crippen LogP contribution is 2.33. The summed E-state index contributed by atoms with van der Waals surface area (Å²) in [6.45, 7) is 21.6. The first-order chi connectivity index (χ1) is 12.4. The molecule has 0 amide bonds. The summed E-state index contributed by atoms with van der Waals surface area (Å²) in [4.78, 5) is 11.2. The van der Waals surface area contributed by atoms with E-state index in [1.54, 1.807) is 0 Å². The van der Waals surface area contributed by atoms with E-state index >= 15 is 0 Å². The van der Waals surface area contributed by atoms with Crippen molar-refractivity contribution in [1.82, 2.24) is 0 Å². The molecule has 0 aliphatic heterocycles. The van der Waals surface area contributed by atoms with Gasteiger partial charge in [-0.3, -0.25) is 0 Å². The van der Waals surface area contributed by atoms with Gasteiger partial charge in [0.15, 0.2) is 8.32 Å². The van der Waals surface area contributed by atoms with Gasteiger partial charge in [0.25, 0.3) is 0 Å². The average Bonchev–Trinajstić information content (AvgIpc) is 2.52. The second-order valence-corrected chi connectivity index (χ2v) is 20.9. The van der Waals surface area contributed by atoms with Gasteiger partial charge in [-0.25, -0.2) is 4.79 Å². The summed E-state index contributed by atoms with van der Waals surface area (Å²) in [5.41, 5.74) is 0.0804. The van der Waals surface area contributed by atoms with Crippen LogP contribution in [-0.4, -0.2) is 50.1 Å². The lowest BCUT2D eigenvalue weighted by molar-refractivity contribution is -0.139. The van der Waals surface area contributed by atoms with Crippen LogP contribution >= 0.6 is 0 Å². The molecule has 0 aromatic rings. The fourth-order valence-electron chi connectivity index (χ4n) is 3.74. The first-order valence-electron chi connectivity index (χ1n) is 10.3. The smallest absolute Gasteiger partial charge is 0.330 e. The summed E-state index contributed by atoms with van der Waals surface area (Å²) in [6, 6.07) is 2.13. The predicted molar refractivity (Wildman–Crippen MR) is 120 cm³/mol. The van der Waals surface area contributed by atoms with Crippen molar-refractivity contribution in [2.45, 2.75) is 90.6 Å². The van der Waals surface area contributed by atoms with Crippen LogP contribution in [0.4, 0.5) is 0 Å². The molecule has 0 aromatic carbocycles. The Morgan fingerprint density at radius 2 is 1.52 bits per heavy atom. The van der Waals surface area contributed by atoms with E-state index in [0.717, 1.165) is 31.4 Å². The molecular formula is C19H42O5Si3. The highest BCUT2D eigenvalue weighted by atomic mass is 28.5. The Morgan fingerprint density at radius 3 is 1.93 bits per heavy atom. The van der Waals surface area contributed by atoms with Gasteiger partial charge in [-0.05, 0) is 51.2 Å². The van der Waals surface area contributed by atoms with Crippen LogP contribution in [0.1, 0.15) is 40.0 Å². The lowest BCUT2D eigenvalue weighted by Gasteiger charge is -2.44. The summed E-state index contributed by atoms with van der Waals surface area (Å²) in [6.07, 6.45) is 4.23. The van der Waals surface area contributed by atoms with Gasteiger partial charge in [0.05, 0.1) is 12.3 Å². The van der Waals surface area contributed by atoms with Crippen LogP contribution in [0, 0.1) is 0 Å². The average molecular weight is 435 g/mol. The highest BCUT2D eigenvalue weighted by molar-refractivity contribution is 6.88. The van der Waals surface area contributed by atoms with Gasteiger partial charge in [-0.2, -0.15) is 0 Å². The number of ether oxygens (including phenoxy) is 2. The molecule has 0 aliphatic rings. The van der Waals surface area contributed by atoms with Crippen molar-refractivity contribution in [3.05, 3.63) is 12.7 Å². The van der Waals surface area contributed by atoms with E-state index in [0.29, 0.717) is 6.61 Å². The lowest BCUT2D eigenvalue weighted by Crippen LogP contribution is -2.60. The maximum absolute atomic E-state index is 11.2. The molecule has 8 heteroatoms. The summed E-state index contributed by atoms with van der Waals surface area (Å²) < 4.78 is 24.8. The lowest BCUT2D eigenvalue weighted by atomic mass is 10.5. The Kier molecular flexibility index (Phi) is 12.2. The Balaban J connectivity index is 5.35. The van der Waals surface area contributed by atoms with Crippen LogP contribution in [0.3, 0.4) is 0 Å². The number of hydrogen-bond donors (Lipinski definition) is 0. The third-order valence-electron chi connectivity index (χ3n) is 4.12. The van der Waals surface area contributed by atoms with E-state index < -0.39 is 31.2 Å². The second kappa shape index (κ2) is 12.3. The molecule has 0 radical (unpaired) electrons. The van der Waals surface area contributed by atoms with Gasteiger partial charge in [-0.1, -0.05) is 40.2 Å². The van der Waals surface area contributed by atoms with Crippen LogP contribution in [0.25, 0.3) is 0 Å². The zero-order chi connectivity index (χ0) is 21.1. The van der Waals surface area contributed by atoms with E-state index in [4.69, 9.17) is 17.7 Å². The standard InChI is InChI=1S/C19H42O5Si3/c1-10-16-27(17-11-2,24-26(8,9)23-25(5,6)7)19(13-4)22-15-14-21-18(20)12-3/h12,19H,3,10-11,13-17H2,1-2,4-9H3. The van der Waals surface area contributed by atoms with Crippen LogP contribution in [0.2, 0.25) is 44.8 Å². The van der Waals surface area contributed by atoms with Crippen LogP contribution in [-0.2, 0) is 22.5 Å². The van der Waals surface area contributed by atoms with Gasteiger partial charge in [-0.15, -0.1) is 0 Å². The first kappa shape index (κ1) is 26.7. The molecule has 1 unspecified atom stereocenters. The molecule has 0 heterocycles. The van der Waals surface area contributed by atoms with Crippen molar-refractivity contribution in [2.75, 3.05) is 13.2 Å². The van der Waals surface area contributed by atoms with Crippen LogP contribution < -0.4 is 0 Å². The topological polar surface area (TPSA) is 54.0 Å². The molecule has 0 N–H and O–H groups in total. The number of rotatable bonds is 15. The van der Waals surface area contributed by atoms with E-state index in [2.05, 4.69) is 60.1 Å². The Morgan fingerprint density at radius 1 is 0.963 bits per heavy atom. The first-order valence-corrected chi connectivity index (χ1v) is 18.9. The minimum atomic E-state index is -2.25. The highest BCUT2D eigenvalue weighted by Gasteiger charge is 2.47. The van der Waals surface area contributed by atoms with Crippen molar-refractivity contribution in [2.24, 2.45) is 0 Å². The minimum Gasteiger partial charge on any atom is -0.460 e. The molecular weight excluding hydrogens is 392 g/mol. The summed E-state index contributed by atoms with van der Waals surface area (Å²) >= 11 is 0. The van der Waals surface area contributed by atoms with Gasteiger partial charge < -0.3 is 17.7 Å². The number of carbonyl (C=O) groups is 1. The third-order valence-corrected chi connectivity index (χ3v) is 16.6. The minimum absolute atomic E-state index is 0.0804. The molecule has 0 saturated carbocycles. The molecule has 5 nitrogen and oxygen atoms in total. The molecule has 27 heavy (non-hydrogen) atoms. The van der Waals surface area contributed by atoms with Gasteiger partial charge in [0.2, 0.25) is 8.32 Å². The second-order valence-electron chi connectivity index (χ2n) is 8.42. The maximum Gasteiger partial charge on any atom is 0.330 e. The van der Waals surface area contributed by atoms with E-state index in [1.807, 2.05) is 0 Å². The normalized spacial score (nSPS) is 14.1. The largest absolute Gasteiger partial charge is 0.460 e. The number of hydrogen-bond acceptors (Lipinski definition) is 5. The van der Waals surface area contributed by atoms with E-state index in [-0.39, 0.29) is 12.3 Å². The van der Waals surface area contributed by atoms with Crippen molar-refractivity contribution in [3.63, 3.8) is 0 Å². The van der Waals surface area contributed by atoms with Gasteiger partial charge >= 0.3 is 14.5 Å². The van der Waals surface area contributed by atoms with E-state index in [9.17, 15) is 4.79 Å². The van der Waals surface area contributed by atoms with Gasteiger partial charge in [0, 0.05) is 6.08 Å². The zero-order valence-corrected chi connectivity index (χ0v) is 21.9. The molecule has 0 aliphatic carbocycles. The molecule has 0 fully saturated rings. The zero-order valence-electron chi connectivity index (χ0n) is 18.9. The van der Waals surface area contributed by atoms with Crippen LogP contribution in [0.15, 0.2) is 12.7 Å². The monoisotopic (exact) mass is 434 g/mol. The van der Waals surface area contributed by atoms with Crippen molar-refractivity contribution < 1.29 is 22.5 Å². The van der Waals surface area contributed by atoms with Gasteiger partial charge in [0.1, 0.15) is 6.61 Å². The fraction of sp³-hybridized carbons (Fsp3) is 0.842. The van der Waals surface area contributed by atoms with Crippen molar-refractivity contribution >= 4 is 31.2 Å². The fourth-order valence-corrected chi connectivity index (χ4v) is 19.2. The third kappa shape index (κ3) is 10.7. The quantitative estimate of drug-likeness (QED) is 0.150. The molecule has 0 bridgehead atoms. The molecule has 0 rings (SSSR count). The SMILES string of the molecule is C=CC(=O)OCCOC(CC)[Si](CCC)(CCC)O[Si](C)(C)O[Si](C)(C)C. The predicted octanol–water partition coefficient (Wildman–Crippen LogP) is 5.39. The Hall–Kier alpha value is -0.259. The molecule has 0 aromatic heterocycles. The molecule has 160 valence electrons. The van der Waals surface area contributed by atoms with E-state index in [1.165, 1.54) is 6.08 Å². The number of carbonyl (C=O) groups excluding carboxylic acids is 1. The molecule has 0 spiro atoms. The number of esters is 1. The summed E-state index contributed by atoms with van der Waals surface area (Å²) in [5, 5.41) is 0. The van der Waals surface area contributed by atoms with Crippen molar-refractivity contribution in [1.29, 1.82) is 0 Å².